The molecule has 1 N–H and O–H groups in total. The lowest BCUT2D eigenvalue weighted by molar-refractivity contribution is -0.124. The molecule has 0 saturated heterocycles. The van der Waals surface area contributed by atoms with Crippen LogP contribution in [-0.4, -0.2) is 18.6 Å². The molecule has 1 aliphatic rings. The fraction of sp³-hybridized carbons (Fsp3) is 0.588. The first kappa shape index (κ1) is 14.9. The van der Waals surface area contributed by atoms with E-state index in [9.17, 15) is 4.79 Å². The second kappa shape index (κ2) is 7.32. The van der Waals surface area contributed by atoms with E-state index in [0.29, 0.717) is 12.0 Å². The fourth-order valence-corrected chi connectivity index (χ4v) is 2.75. The Kier molecular flexibility index (Phi) is 5.45. The van der Waals surface area contributed by atoms with Crippen LogP contribution in [0.5, 0.6) is 5.75 Å². The second-order valence-electron chi connectivity index (χ2n) is 5.72. The molecule has 1 amide bonds. The van der Waals surface area contributed by atoms with Crippen molar-refractivity contribution >= 4 is 5.91 Å². The number of amides is 1. The molecule has 0 aliphatic heterocycles. The van der Waals surface area contributed by atoms with Gasteiger partial charge in [0.25, 0.3) is 5.91 Å². The van der Waals surface area contributed by atoms with E-state index in [1.54, 1.807) is 0 Å². The summed E-state index contributed by atoms with van der Waals surface area (Å²) in [5.74, 6) is 1.33. The van der Waals surface area contributed by atoms with Gasteiger partial charge in [-0.25, -0.2) is 0 Å². The normalized spacial score (nSPS) is 22.3. The molecule has 1 aromatic carbocycles. The number of nitrogens with one attached hydrogen (secondary N) is 1. The van der Waals surface area contributed by atoms with Crippen LogP contribution in [-0.2, 0) is 11.2 Å². The molecular weight excluding hydrogens is 250 g/mol. The monoisotopic (exact) mass is 275 g/mol. The van der Waals surface area contributed by atoms with E-state index in [0.717, 1.165) is 18.6 Å². The molecule has 0 bridgehead atoms. The van der Waals surface area contributed by atoms with Crippen LogP contribution in [0.2, 0.25) is 0 Å². The van der Waals surface area contributed by atoms with Gasteiger partial charge in [0.05, 0.1) is 0 Å². The van der Waals surface area contributed by atoms with E-state index < -0.39 is 0 Å². The van der Waals surface area contributed by atoms with Gasteiger partial charge in [-0.2, -0.15) is 0 Å². The number of hydrogen-bond donors (Lipinski definition) is 1. The smallest absolute Gasteiger partial charge is 0.258 e. The summed E-state index contributed by atoms with van der Waals surface area (Å²) in [6.07, 6.45) is 5.82. The van der Waals surface area contributed by atoms with Crippen molar-refractivity contribution in [2.45, 2.75) is 52.0 Å². The zero-order valence-electron chi connectivity index (χ0n) is 12.5. The first-order valence-electron chi connectivity index (χ1n) is 7.70. The number of rotatable bonds is 5. The Morgan fingerprint density at radius 1 is 1.25 bits per heavy atom. The van der Waals surface area contributed by atoms with Crippen LogP contribution in [0.25, 0.3) is 0 Å². The molecule has 0 heterocycles. The van der Waals surface area contributed by atoms with Crippen molar-refractivity contribution in [1.82, 2.24) is 5.32 Å². The number of ether oxygens (including phenoxy) is 1. The maximum atomic E-state index is 11.9. The molecule has 2 unspecified atom stereocenters. The lowest BCUT2D eigenvalue weighted by Crippen LogP contribution is -2.43. The van der Waals surface area contributed by atoms with Gasteiger partial charge in [-0.1, -0.05) is 38.8 Å². The Labute approximate surface area is 121 Å². The average molecular weight is 275 g/mol. The number of benzene rings is 1. The van der Waals surface area contributed by atoms with Crippen LogP contribution in [0.1, 0.15) is 45.1 Å². The van der Waals surface area contributed by atoms with Crippen molar-refractivity contribution < 1.29 is 9.53 Å². The standard InChI is InChI=1S/C17H25NO2/c1-3-14-8-10-15(11-9-14)20-12-17(19)18-16-7-5-4-6-13(16)2/h8-11,13,16H,3-7,12H2,1-2H3,(H,18,19). The topological polar surface area (TPSA) is 38.3 Å². The Hall–Kier alpha value is -1.51. The Morgan fingerprint density at radius 3 is 2.60 bits per heavy atom. The van der Waals surface area contributed by atoms with Crippen LogP contribution in [0, 0.1) is 5.92 Å². The summed E-state index contributed by atoms with van der Waals surface area (Å²) in [5, 5.41) is 3.10. The summed E-state index contributed by atoms with van der Waals surface area (Å²) < 4.78 is 5.53. The minimum absolute atomic E-state index is 0.0108. The van der Waals surface area contributed by atoms with E-state index in [-0.39, 0.29) is 12.5 Å². The molecule has 1 fully saturated rings. The lowest BCUT2D eigenvalue weighted by Gasteiger charge is -2.29. The van der Waals surface area contributed by atoms with E-state index in [1.165, 1.54) is 24.8 Å². The minimum atomic E-state index is -0.0108. The van der Waals surface area contributed by atoms with Gasteiger partial charge in [-0.15, -0.1) is 0 Å². The van der Waals surface area contributed by atoms with Crippen LogP contribution < -0.4 is 10.1 Å². The predicted octanol–water partition coefficient (Wildman–Crippen LogP) is 3.32. The molecule has 110 valence electrons. The molecule has 0 aromatic heterocycles. The fourth-order valence-electron chi connectivity index (χ4n) is 2.75. The zero-order valence-corrected chi connectivity index (χ0v) is 12.5. The first-order chi connectivity index (χ1) is 9.69. The molecule has 1 aliphatic carbocycles. The van der Waals surface area contributed by atoms with Gasteiger partial charge in [-0.05, 0) is 42.9 Å². The molecule has 0 spiro atoms. The molecule has 1 saturated carbocycles. The molecule has 1 aromatic rings. The third-order valence-electron chi connectivity index (χ3n) is 4.16. The zero-order chi connectivity index (χ0) is 14.4. The minimum Gasteiger partial charge on any atom is -0.484 e. The van der Waals surface area contributed by atoms with E-state index >= 15 is 0 Å². The van der Waals surface area contributed by atoms with Gasteiger partial charge in [-0.3, -0.25) is 4.79 Å². The van der Waals surface area contributed by atoms with Crippen LogP contribution in [0.3, 0.4) is 0 Å². The Bertz CT molecular complexity index is 427. The Morgan fingerprint density at radius 2 is 1.95 bits per heavy atom. The van der Waals surface area contributed by atoms with Gasteiger partial charge >= 0.3 is 0 Å². The van der Waals surface area contributed by atoms with Crippen LogP contribution >= 0.6 is 0 Å². The maximum absolute atomic E-state index is 11.9. The summed E-state index contributed by atoms with van der Waals surface area (Å²) in [4.78, 5) is 11.9. The number of hydrogen-bond acceptors (Lipinski definition) is 2. The van der Waals surface area contributed by atoms with Gasteiger partial charge in [0.2, 0.25) is 0 Å². The predicted molar refractivity (Wildman–Crippen MR) is 80.9 cm³/mol. The largest absolute Gasteiger partial charge is 0.484 e. The number of carbonyl (C=O) groups excluding carboxylic acids is 1. The highest BCUT2D eigenvalue weighted by Crippen LogP contribution is 2.23. The van der Waals surface area contributed by atoms with Crippen molar-refractivity contribution in [2.75, 3.05) is 6.61 Å². The van der Waals surface area contributed by atoms with Crippen molar-refractivity contribution in [3.8, 4) is 5.75 Å². The van der Waals surface area contributed by atoms with Crippen molar-refractivity contribution in [3.63, 3.8) is 0 Å². The van der Waals surface area contributed by atoms with Crippen molar-refractivity contribution in [2.24, 2.45) is 5.92 Å². The van der Waals surface area contributed by atoms with Crippen molar-refractivity contribution in [1.29, 1.82) is 0 Å². The number of aryl methyl sites for hydroxylation is 1. The summed E-state index contributed by atoms with van der Waals surface area (Å²) in [6, 6.07) is 8.25. The molecular formula is C17H25NO2. The molecule has 2 rings (SSSR count). The maximum Gasteiger partial charge on any atom is 0.258 e. The summed E-state index contributed by atoms with van der Waals surface area (Å²) in [7, 11) is 0. The first-order valence-corrected chi connectivity index (χ1v) is 7.70. The summed E-state index contributed by atoms with van der Waals surface area (Å²) >= 11 is 0. The van der Waals surface area contributed by atoms with Crippen LogP contribution in [0.15, 0.2) is 24.3 Å². The van der Waals surface area contributed by atoms with E-state index in [1.807, 2.05) is 24.3 Å². The molecule has 20 heavy (non-hydrogen) atoms. The summed E-state index contributed by atoms with van der Waals surface area (Å²) in [6.45, 7) is 4.44. The van der Waals surface area contributed by atoms with Gasteiger partial charge < -0.3 is 10.1 Å². The van der Waals surface area contributed by atoms with Gasteiger partial charge in [0.1, 0.15) is 5.75 Å². The molecule has 0 radical (unpaired) electrons. The third kappa shape index (κ3) is 4.26. The lowest BCUT2D eigenvalue weighted by atomic mass is 9.86. The molecule has 3 heteroatoms. The van der Waals surface area contributed by atoms with E-state index in [2.05, 4.69) is 19.2 Å². The average Bonchev–Trinajstić information content (AvgIpc) is 2.48. The number of carbonyl (C=O) groups is 1. The summed E-state index contributed by atoms with van der Waals surface area (Å²) in [5.41, 5.74) is 1.28. The van der Waals surface area contributed by atoms with Gasteiger partial charge in [0.15, 0.2) is 6.61 Å². The van der Waals surface area contributed by atoms with Gasteiger partial charge in [0, 0.05) is 6.04 Å². The van der Waals surface area contributed by atoms with E-state index in [4.69, 9.17) is 4.74 Å². The highest BCUT2D eigenvalue weighted by molar-refractivity contribution is 5.77. The molecule has 2 atom stereocenters. The molecule has 3 nitrogen and oxygen atoms in total. The van der Waals surface area contributed by atoms with Crippen molar-refractivity contribution in [3.05, 3.63) is 29.8 Å². The Balaban J connectivity index is 1.76. The second-order valence-corrected chi connectivity index (χ2v) is 5.72. The quantitative estimate of drug-likeness (QED) is 0.895. The van der Waals surface area contributed by atoms with Crippen LogP contribution in [0.4, 0.5) is 0 Å². The highest BCUT2D eigenvalue weighted by Gasteiger charge is 2.22. The highest BCUT2D eigenvalue weighted by atomic mass is 16.5. The SMILES string of the molecule is CCc1ccc(OCC(=O)NC2CCCCC2C)cc1. The third-order valence-corrected chi connectivity index (χ3v) is 4.16.